The summed E-state index contributed by atoms with van der Waals surface area (Å²) in [4.78, 5) is 34.3. The van der Waals surface area contributed by atoms with Crippen molar-refractivity contribution in [1.82, 2.24) is 0 Å². The third kappa shape index (κ3) is 95.6. The third-order valence-corrected chi connectivity index (χ3v) is 0. The molecular formula is O4SbSi. The van der Waals surface area contributed by atoms with Gasteiger partial charge in [-0.1, -0.05) is 0 Å². The Hall–Kier alpha value is 0.875. The summed E-state index contributed by atoms with van der Waals surface area (Å²) in [7, 11) is -5.61. The molecule has 0 aliphatic rings. The number of hydrogen-bond donors (Lipinski definition) is 0. The van der Waals surface area contributed by atoms with Gasteiger partial charge in [0.05, 0.1) is 0 Å². The fourth-order valence-corrected chi connectivity index (χ4v) is 0. The van der Waals surface area contributed by atoms with Crippen molar-refractivity contribution in [3.63, 3.8) is 0 Å². The van der Waals surface area contributed by atoms with Crippen molar-refractivity contribution in [1.29, 1.82) is 0 Å². The van der Waals surface area contributed by atoms with Crippen molar-refractivity contribution < 1.29 is 19.2 Å². The van der Waals surface area contributed by atoms with E-state index in [0.717, 1.165) is 0 Å². The van der Waals surface area contributed by atoms with Crippen LogP contribution >= 0.6 is 0 Å². The average Bonchev–Trinajstić information content (AvgIpc) is 0.722. The largest absolute Gasteiger partial charge is 4.00 e. The molecule has 0 saturated heterocycles. The van der Waals surface area contributed by atoms with E-state index in [1.165, 1.54) is 0 Å². The second-order valence-corrected chi connectivity index (χ2v) is 1.50. The maximum absolute atomic E-state index is 8.58. The predicted molar refractivity (Wildman–Crippen MR) is 11.5 cm³/mol. The number of rotatable bonds is 0. The van der Waals surface area contributed by atoms with Crippen LogP contribution in [0, 0.1) is 0 Å². The molecule has 0 spiro atoms. The molecule has 0 heterocycles. The van der Waals surface area contributed by atoms with Crippen molar-refractivity contribution in [2.75, 3.05) is 0 Å². The summed E-state index contributed by atoms with van der Waals surface area (Å²) in [6.07, 6.45) is 0. The van der Waals surface area contributed by atoms with Gasteiger partial charge in [-0.2, -0.15) is 0 Å². The van der Waals surface area contributed by atoms with E-state index in [-0.39, 0.29) is 24.4 Å². The van der Waals surface area contributed by atoms with Crippen LogP contribution < -0.4 is 19.2 Å². The summed E-state index contributed by atoms with van der Waals surface area (Å²) in [5.74, 6) is 0. The third-order valence-electron chi connectivity index (χ3n) is 0. The zero-order valence-corrected chi connectivity index (χ0v) is 6.13. The first kappa shape index (κ1) is 9.98. The van der Waals surface area contributed by atoms with Gasteiger partial charge < -0.3 is 28.2 Å². The fourth-order valence-electron chi connectivity index (χ4n) is 0. The zero-order chi connectivity index (χ0) is 4.50. The van der Waals surface area contributed by atoms with Crippen LogP contribution in [0.4, 0.5) is 0 Å². The molecule has 0 aliphatic carbocycles. The minimum atomic E-state index is -5.61. The van der Waals surface area contributed by atoms with Gasteiger partial charge in [-0.3, -0.25) is 0 Å². The Bertz CT molecular complexity index is 23.0. The molecule has 0 amide bonds. The van der Waals surface area contributed by atoms with Gasteiger partial charge in [-0.05, 0) is 0 Å². The molecule has 0 aromatic heterocycles. The van der Waals surface area contributed by atoms with Gasteiger partial charge in [0.1, 0.15) is 0 Å². The Morgan fingerprint density at radius 1 is 0.833 bits per heavy atom. The Morgan fingerprint density at radius 3 is 0.833 bits per heavy atom. The van der Waals surface area contributed by atoms with E-state index in [1.807, 2.05) is 0 Å². The van der Waals surface area contributed by atoms with E-state index < -0.39 is 9.05 Å². The smallest absolute Gasteiger partial charge is 0.894 e. The second-order valence-electron chi connectivity index (χ2n) is 0.500. The first-order valence-corrected chi connectivity index (χ1v) is 2.45. The van der Waals surface area contributed by atoms with Gasteiger partial charge in [0.25, 0.3) is 0 Å². The van der Waals surface area contributed by atoms with Crippen LogP contribution in [0.3, 0.4) is 0 Å². The maximum Gasteiger partial charge on any atom is 4.00 e. The molecular weight excluding hydrogens is 214 g/mol. The molecule has 0 aliphatic heterocycles. The van der Waals surface area contributed by atoms with E-state index in [1.54, 1.807) is 0 Å². The summed E-state index contributed by atoms with van der Waals surface area (Å²) >= 11 is 0. The summed E-state index contributed by atoms with van der Waals surface area (Å²) in [6, 6.07) is 0. The summed E-state index contributed by atoms with van der Waals surface area (Å²) in [5, 5.41) is 0. The van der Waals surface area contributed by atoms with Crippen LogP contribution in [0.1, 0.15) is 0 Å². The van der Waals surface area contributed by atoms with Crippen molar-refractivity contribution in [2.45, 2.75) is 0 Å². The molecule has 0 rings (SSSR count). The van der Waals surface area contributed by atoms with Crippen molar-refractivity contribution in [3.8, 4) is 0 Å². The molecule has 6 heavy (non-hydrogen) atoms. The molecule has 33 valence electrons. The normalized spacial score (nSPS) is 10.0. The topological polar surface area (TPSA) is 92.2 Å². The molecule has 0 N–H and O–H groups in total. The predicted octanol–water partition coefficient (Wildman–Crippen LogP) is -5.52. The number of hydrogen-bond acceptors (Lipinski definition) is 4. The fraction of sp³-hybridized carbons (Fsp3) is 0. The van der Waals surface area contributed by atoms with Gasteiger partial charge in [0.2, 0.25) is 0 Å². The standard InChI is InChI=1S/O4Si.Sb/c1-5(2,3)4;/q-4;+4. The zero-order valence-electron chi connectivity index (χ0n) is 2.58. The van der Waals surface area contributed by atoms with Gasteiger partial charge in [0.15, 0.2) is 0 Å². The Morgan fingerprint density at radius 2 is 0.833 bits per heavy atom. The van der Waals surface area contributed by atoms with Crippen molar-refractivity contribution in [2.24, 2.45) is 0 Å². The molecule has 0 unspecified atom stereocenters. The monoisotopic (exact) mass is 213 g/mol. The summed E-state index contributed by atoms with van der Waals surface area (Å²) < 4.78 is 0. The van der Waals surface area contributed by atoms with Gasteiger partial charge in [-0.25, -0.2) is 0 Å². The first-order valence-electron chi connectivity index (χ1n) is 0.816. The molecule has 6 heteroatoms. The van der Waals surface area contributed by atoms with Gasteiger partial charge in [-0.15, -0.1) is 0 Å². The molecule has 0 aromatic rings. The van der Waals surface area contributed by atoms with Crippen molar-refractivity contribution >= 4 is 33.5 Å². The van der Waals surface area contributed by atoms with Crippen LogP contribution in [-0.2, 0) is 0 Å². The van der Waals surface area contributed by atoms with Crippen molar-refractivity contribution in [3.05, 3.63) is 0 Å². The molecule has 1 radical (unpaired) electrons. The average molecular weight is 214 g/mol. The Labute approximate surface area is 53.0 Å². The van der Waals surface area contributed by atoms with Gasteiger partial charge in [0, 0.05) is 0 Å². The Balaban J connectivity index is 0. The molecule has 0 fully saturated rings. The van der Waals surface area contributed by atoms with Crippen LogP contribution in [-0.4, -0.2) is 33.5 Å². The molecule has 0 bridgehead atoms. The van der Waals surface area contributed by atoms with Crippen LogP contribution in [0.15, 0.2) is 0 Å². The summed E-state index contributed by atoms with van der Waals surface area (Å²) in [6.45, 7) is 0. The quantitative estimate of drug-likeness (QED) is 0.376. The van der Waals surface area contributed by atoms with Crippen LogP contribution in [0.2, 0.25) is 0 Å². The molecule has 4 nitrogen and oxygen atoms in total. The van der Waals surface area contributed by atoms with Crippen LogP contribution in [0.25, 0.3) is 0 Å². The van der Waals surface area contributed by atoms with E-state index >= 15 is 0 Å². The van der Waals surface area contributed by atoms with Gasteiger partial charge >= 0.3 is 24.4 Å². The minimum Gasteiger partial charge on any atom is -0.894 e. The molecule has 0 atom stereocenters. The summed E-state index contributed by atoms with van der Waals surface area (Å²) in [5.41, 5.74) is 0. The second kappa shape index (κ2) is 2.95. The minimum absolute atomic E-state index is 0. The maximum atomic E-state index is 8.58. The molecule has 0 saturated carbocycles. The van der Waals surface area contributed by atoms with E-state index in [0.29, 0.717) is 0 Å². The van der Waals surface area contributed by atoms with Crippen LogP contribution in [0.5, 0.6) is 0 Å². The Kier molecular flexibility index (Phi) is 4.92. The van der Waals surface area contributed by atoms with E-state index in [4.69, 9.17) is 19.2 Å². The molecule has 0 aromatic carbocycles. The van der Waals surface area contributed by atoms with E-state index in [9.17, 15) is 0 Å². The SMILES string of the molecule is [O-][Si]([O-])([O-])[O-].[Sb+4]. The van der Waals surface area contributed by atoms with E-state index in [2.05, 4.69) is 0 Å². The first-order chi connectivity index (χ1) is 2.00.